The third-order valence-corrected chi connectivity index (χ3v) is 3.65. The van der Waals surface area contributed by atoms with Gasteiger partial charge in [0.25, 0.3) is 0 Å². The molecule has 1 fully saturated rings. The highest BCUT2D eigenvalue weighted by atomic mass is 79.9. The van der Waals surface area contributed by atoms with Crippen molar-refractivity contribution in [3.8, 4) is 0 Å². The average Bonchev–Trinajstić information content (AvgIpc) is 3.05. The monoisotopic (exact) mass is 287 g/mol. The van der Waals surface area contributed by atoms with Gasteiger partial charge in [0.05, 0.1) is 35.6 Å². The van der Waals surface area contributed by atoms with Gasteiger partial charge in [-0.05, 0) is 41.7 Å². The van der Waals surface area contributed by atoms with Gasteiger partial charge in [-0.2, -0.15) is 5.10 Å². The van der Waals surface area contributed by atoms with Gasteiger partial charge in [-0.25, -0.2) is 0 Å². The second-order valence-corrected chi connectivity index (χ2v) is 5.05. The van der Waals surface area contributed by atoms with Gasteiger partial charge < -0.3 is 10.1 Å². The van der Waals surface area contributed by atoms with E-state index in [-0.39, 0.29) is 0 Å². The first-order valence-corrected chi connectivity index (χ1v) is 6.44. The Morgan fingerprint density at radius 1 is 1.69 bits per heavy atom. The van der Waals surface area contributed by atoms with Crippen molar-refractivity contribution in [3.05, 3.63) is 16.4 Å². The van der Waals surface area contributed by atoms with Crippen molar-refractivity contribution >= 4 is 15.9 Å². The van der Waals surface area contributed by atoms with Crippen LogP contribution in [0.15, 0.2) is 10.7 Å². The molecule has 0 aliphatic heterocycles. The van der Waals surface area contributed by atoms with Crippen LogP contribution in [0.1, 0.15) is 24.6 Å². The fraction of sp³-hybridized carbons (Fsp3) is 0.727. The first-order chi connectivity index (χ1) is 7.77. The third kappa shape index (κ3) is 2.47. The molecule has 0 bridgehead atoms. The van der Waals surface area contributed by atoms with E-state index in [2.05, 4.69) is 26.3 Å². The van der Waals surface area contributed by atoms with Crippen LogP contribution in [0.25, 0.3) is 0 Å². The average molecular weight is 288 g/mol. The van der Waals surface area contributed by atoms with Crippen LogP contribution in [0.2, 0.25) is 0 Å². The summed E-state index contributed by atoms with van der Waals surface area (Å²) < 4.78 is 8.23. The van der Waals surface area contributed by atoms with E-state index in [1.807, 2.05) is 17.9 Å². The zero-order valence-electron chi connectivity index (χ0n) is 9.74. The largest absolute Gasteiger partial charge is 0.383 e. The van der Waals surface area contributed by atoms with E-state index >= 15 is 0 Å². The molecule has 90 valence electrons. The minimum Gasteiger partial charge on any atom is -0.383 e. The number of halogens is 1. The summed E-state index contributed by atoms with van der Waals surface area (Å²) in [7, 11) is 3.73. The van der Waals surface area contributed by atoms with Crippen molar-refractivity contribution in [1.29, 1.82) is 0 Å². The van der Waals surface area contributed by atoms with Gasteiger partial charge >= 0.3 is 0 Å². The number of rotatable bonds is 6. The van der Waals surface area contributed by atoms with E-state index in [0.29, 0.717) is 12.6 Å². The second kappa shape index (κ2) is 5.29. The summed E-state index contributed by atoms with van der Waals surface area (Å²) in [6.45, 7) is 1.50. The summed E-state index contributed by atoms with van der Waals surface area (Å²) in [5.74, 6) is 0.763. The molecule has 5 heteroatoms. The first-order valence-electron chi connectivity index (χ1n) is 5.65. The summed E-state index contributed by atoms with van der Waals surface area (Å²) in [5, 5.41) is 7.77. The zero-order chi connectivity index (χ0) is 11.5. The smallest absolute Gasteiger partial charge is 0.0699 e. The maximum absolute atomic E-state index is 5.10. The van der Waals surface area contributed by atoms with Gasteiger partial charge in [0.1, 0.15) is 0 Å². The van der Waals surface area contributed by atoms with Gasteiger partial charge in [-0.15, -0.1) is 0 Å². The summed E-state index contributed by atoms with van der Waals surface area (Å²) in [5.41, 5.74) is 1.25. The predicted molar refractivity (Wildman–Crippen MR) is 66.3 cm³/mol. The Morgan fingerprint density at radius 2 is 2.44 bits per heavy atom. The van der Waals surface area contributed by atoms with Crippen molar-refractivity contribution in [1.82, 2.24) is 15.1 Å². The number of methoxy groups -OCH3 is 1. The van der Waals surface area contributed by atoms with Gasteiger partial charge in [0.15, 0.2) is 0 Å². The number of hydrogen-bond donors (Lipinski definition) is 1. The lowest BCUT2D eigenvalue weighted by molar-refractivity contribution is 0.181. The summed E-state index contributed by atoms with van der Waals surface area (Å²) in [6, 6.07) is 0.411. The van der Waals surface area contributed by atoms with Gasteiger partial charge in [-0.1, -0.05) is 0 Å². The first kappa shape index (κ1) is 12.1. The molecule has 0 radical (unpaired) electrons. The number of ether oxygens (including phenoxy) is 1. The van der Waals surface area contributed by atoms with Crippen molar-refractivity contribution in [2.75, 3.05) is 20.8 Å². The summed E-state index contributed by atoms with van der Waals surface area (Å²) in [4.78, 5) is 0. The molecule has 1 saturated carbocycles. The van der Waals surface area contributed by atoms with Crippen LogP contribution >= 0.6 is 15.9 Å². The molecule has 2 rings (SSSR count). The highest BCUT2D eigenvalue weighted by molar-refractivity contribution is 9.10. The molecule has 1 atom stereocenters. The van der Waals surface area contributed by atoms with Crippen LogP contribution in [0.5, 0.6) is 0 Å². The lowest BCUT2D eigenvalue weighted by Crippen LogP contribution is -2.23. The van der Waals surface area contributed by atoms with E-state index in [0.717, 1.165) is 16.9 Å². The van der Waals surface area contributed by atoms with Crippen LogP contribution in [-0.2, 0) is 11.3 Å². The van der Waals surface area contributed by atoms with Gasteiger partial charge in [-0.3, -0.25) is 4.68 Å². The van der Waals surface area contributed by atoms with E-state index in [4.69, 9.17) is 4.74 Å². The Kier molecular flexibility index (Phi) is 4.00. The molecule has 1 aromatic rings. The Morgan fingerprint density at radius 3 is 3.00 bits per heavy atom. The lowest BCUT2D eigenvalue weighted by Gasteiger charge is -2.18. The van der Waals surface area contributed by atoms with Crippen LogP contribution in [0.3, 0.4) is 0 Å². The van der Waals surface area contributed by atoms with Crippen LogP contribution in [0, 0.1) is 5.92 Å². The fourth-order valence-corrected chi connectivity index (χ4v) is 2.61. The standard InChI is InChI=1S/C11H18BrN3O/c1-13-10(8-3-4-8)11-9(12)7-14-15(11)5-6-16-2/h7-8,10,13H,3-6H2,1-2H3. The molecule has 1 aliphatic rings. The van der Waals surface area contributed by atoms with E-state index in [1.165, 1.54) is 18.5 Å². The molecule has 1 aliphatic carbocycles. The minimum atomic E-state index is 0.411. The number of nitrogens with zero attached hydrogens (tertiary/aromatic N) is 2. The minimum absolute atomic E-state index is 0.411. The molecule has 1 N–H and O–H groups in total. The van der Waals surface area contributed by atoms with Gasteiger partial charge in [0, 0.05) is 7.11 Å². The van der Waals surface area contributed by atoms with Crippen molar-refractivity contribution < 1.29 is 4.74 Å². The van der Waals surface area contributed by atoms with Crippen LogP contribution < -0.4 is 5.32 Å². The highest BCUT2D eigenvalue weighted by Gasteiger charge is 2.34. The summed E-state index contributed by atoms with van der Waals surface area (Å²) >= 11 is 3.58. The van der Waals surface area contributed by atoms with Crippen molar-refractivity contribution in [2.45, 2.75) is 25.4 Å². The van der Waals surface area contributed by atoms with E-state index in [1.54, 1.807) is 7.11 Å². The van der Waals surface area contributed by atoms with E-state index < -0.39 is 0 Å². The Hall–Kier alpha value is -0.390. The van der Waals surface area contributed by atoms with Crippen molar-refractivity contribution in [3.63, 3.8) is 0 Å². The van der Waals surface area contributed by atoms with Crippen LogP contribution in [-0.4, -0.2) is 30.5 Å². The summed E-state index contributed by atoms with van der Waals surface area (Å²) in [6.07, 6.45) is 4.50. The molecular weight excluding hydrogens is 270 g/mol. The molecule has 16 heavy (non-hydrogen) atoms. The maximum Gasteiger partial charge on any atom is 0.0699 e. The number of aromatic nitrogens is 2. The SMILES string of the molecule is CNC(c1c(Br)cnn1CCOC)C1CC1. The number of hydrogen-bond acceptors (Lipinski definition) is 3. The maximum atomic E-state index is 5.10. The Balaban J connectivity index is 2.18. The third-order valence-electron chi connectivity index (χ3n) is 3.04. The van der Waals surface area contributed by atoms with Gasteiger partial charge in [0.2, 0.25) is 0 Å². The van der Waals surface area contributed by atoms with Crippen LogP contribution in [0.4, 0.5) is 0 Å². The fourth-order valence-electron chi connectivity index (χ4n) is 2.06. The predicted octanol–water partition coefficient (Wildman–Crippen LogP) is 1.96. The molecule has 0 aromatic carbocycles. The molecule has 4 nitrogen and oxygen atoms in total. The Labute approximate surface area is 104 Å². The molecule has 1 heterocycles. The normalized spacial score (nSPS) is 17.7. The van der Waals surface area contributed by atoms with Crippen molar-refractivity contribution in [2.24, 2.45) is 5.92 Å². The second-order valence-electron chi connectivity index (χ2n) is 4.20. The highest BCUT2D eigenvalue weighted by Crippen LogP contribution is 2.42. The molecule has 0 spiro atoms. The zero-order valence-corrected chi connectivity index (χ0v) is 11.3. The molecule has 1 unspecified atom stereocenters. The molecule has 0 saturated heterocycles. The topological polar surface area (TPSA) is 39.1 Å². The lowest BCUT2D eigenvalue weighted by atomic mass is 10.1. The van der Waals surface area contributed by atoms with E-state index in [9.17, 15) is 0 Å². The molecule has 0 amide bonds. The number of nitrogens with one attached hydrogen (secondary N) is 1. The molecular formula is C11H18BrN3O. The molecule has 1 aromatic heterocycles. The Bertz CT molecular complexity index is 349. The quantitative estimate of drug-likeness (QED) is 0.869.